The molecule has 1 heterocycles. The van der Waals surface area contributed by atoms with Gasteiger partial charge in [0.15, 0.2) is 0 Å². The lowest BCUT2D eigenvalue weighted by atomic mass is 10.2. The Morgan fingerprint density at radius 2 is 1.95 bits per heavy atom. The molecule has 0 atom stereocenters. The Hall–Kier alpha value is -2.10. The van der Waals surface area contributed by atoms with Gasteiger partial charge in [-0.05, 0) is 31.9 Å². The van der Waals surface area contributed by atoms with E-state index in [0.29, 0.717) is 5.88 Å². The number of rotatable bonds is 5. The van der Waals surface area contributed by atoms with Crippen LogP contribution < -0.4 is 10.1 Å². The number of nitrogens with zero attached hydrogens (tertiary/aromatic N) is 2. The molecule has 0 spiro atoms. The summed E-state index contributed by atoms with van der Waals surface area (Å²) in [5.41, 5.74) is 2.02. The maximum Gasteiger partial charge on any atom is 0.227 e. The van der Waals surface area contributed by atoms with Crippen LogP contribution in [0, 0.1) is 13.8 Å². The smallest absolute Gasteiger partial charge is 0.227 e. The zero-order chi connectivity index (χ0) is 13.7. The predicted molar refractivity (Wildman–Crippen MR) is 76.8 cm³/mol. The third-order valence-corrected chi connectivity index (χ3v) is 2.88. The molecule has 0 bridgehead atoms. The van der Waals surface area contributed by atoms with Crippen molar-refractivity contribution in [3.05, 3.63) is 41.7 Å². The van der Waals surface area contributed by atoms with Crippen LogP contribution in [0.15, 0.2) is 30.6 Å². The predicted octanol–water partition coefficient (Wildman–Crippen LogP) is 3.71. The molecule has 2 aromatic rings. The molecule has 4 nitrogen and oxygen atoms in total. The van der Waals surface area contributed by atoms with Crippen molar-refractivity contribution < 1.29 is 4.74 Å². The van der Waals surface area contributed by atoms with Crippen LogP contribution >= 0.6 is 0 Å². The molecule has 0 aliphatic heterocycles. The molecule has 100 valence electrons. The van der Waals surface area contributed by atoms with Gasteiger partial charge >= 0.3 is 0 Å². The van der Waals surface area contributed by atoms with E-state index in [-0.39, 0.29) is 0 Å². The van der Waals surface area contributed by atoms with Crippen molar-refractivity contribution in [2.24, 2.45) is 0 Å². The molecular formula is C15H19N3O. The quantitative estimate of drug-likeness (QED) is 0.887. The van der Waals surface area contributed by atoms with E-state index in [1.807, 2.05) is 38.1 Å². The fraction of sp³-hybridized carbons (Fsp3) is 0.333. The highest BCUT2D eigenvalue weighted by Crippen LogP contribution is 2.27. The van der Waals surface area contributed by atoms with Crippen LogP contribution in [0.5, 0.6) is 11.6 Å². The number of benzene rings is 1. The molecule has 1 aromatic carbocycles. The molecule has 19 heavy (non-hydrogen) atoms. The molecule has 4 heteroatoms. The summed E-state index contributed by atoms with van der Waals surface area (Å²) in [5.74, 6) is 2.26. The van der Waals surface area contributed by atoms with Crippen LogP contribution in [0.4, 0.5) is 5.82 Å². The van der Waals surface area contributed by atoms with Gasteiger partial charge in [-0.3, -0.25) is 0 Å². The van der Waals surface area contributed by atoms with Gasteiger partial charge in [0, 0.05) is 6.54 Å². The van der Waals surface area contributed by atoms with E-state index >= 15 is 0 Å². The average molecular weight is 257 g/mol. The van der Waals surface area contributed by atoms with Gasteiger partial charge in [-0.1, -0.05) is 25.1 Å². The molecule has 0 saturated carbocycles. The summed E-state index contributed by atoms with van der Waals surface area (Å²) in [6.45, 7) is 6.99. The molecule has 0 amide bonds. The Morgan fingerprint density at radius 1 is 1.16 bits per heavy atom. The minimum atomic E-state index is 0.600. The van der Waals surface area contributed by atoms with Gasteiger partial charge in [-0.2, -0.15) is 0 Å². The van der Waals surface area contributed by atoms with Crippen molar-refractivity contribution in [2.45, 2.75) is 27.2 Å². The minimum Gasteiger partial charge on any atom is -0.438 e. The molecule has 0 aliphatic rings. The monoisotopic (exact) mass is 257 g/mol. The van der Waals surface area contributed by atoms with E-state index in [9.17, 15) is 0 Å². The van der Waals surface area contributed by atoms with Crippen LogP contribution in [0.25, 0.3) is 0 Å². The van der Waals surface area contributed by atoms with Crippen molar-refractivity contribution in [2.75, 3.05) is 11.9 Å². The number of aryl methyl sites for hydroxylation is 1. The maximum atomic E-state index is 5.87. The second kappa shape index (κ2) is 6.18. The van der Waals surface area contributed by atoms with E-state index in [0.717, 1.165) is 35.7 Å². The molecular weight excluding hydrogens is 238 g/mol. The van der Waals surface area contributed by atoms with Gasteiger partial charge in [0.2, 0.25) is 5.88 Å². The molecule has 0 fully saturated rings. The van der Waals surface area contributed by atoms with E-state index in [2.05, 4.69) is 22.2 Å². The number of ether oxygens (including phenoxy) is 1. The second-order valence-corrected chi connectivity index (χ2v) is 4.45. The van der Waals surface area contributed by atoms with Gasteiger partial charge in [-0.15, -0.1) is 0 Å². The van der Waals surface area contributed by atoms with Crippen LogP contribution in [0.2, 0.25) is 0 Å². The number of hydrogen-bond acceptors (Lipinski definition) is 4. The summed E-state index contributed by atoms with van der Waals surface area (Å²) in [6.07, 6.45) is 2.58. The lowest BCUT2D eigenvalue weighted by Crippen LogP contribution is -2.05. The third-order valence-electron chi connectivity index (χ3n) is 2.88. The Morgan fingerprint density at radius 3 is 2.68 bits per heavy atom. The summed E-state index contributed by atoms with van der Waals surface area (Å²) in [5, 5.41) is 3.27. The number of anilines is 1. The molecule has 0 aliphatic carbocycles. The summed E-state index contributed by atoms with van der Waals surface area (Å²) in [6, 6.07) is 7.90. The lowest BCUT2D eigenvalue weighted by molar-refractivity contribution is 0.454. The zero-order valence-corrected chi connectivity index (χ0v) is 11.6. The normalized spacial score (nSPS) is 10.3. The highest BCUT2D eigenvalue weighted by molar-refractivity contribution is 5.49. The molecule has 0 radical (unpaired) electrons. The fourth-order valence-corrected chi connectivity index (χ4v) is 1.73. The summed E-state index contributed by atoms with van der Waals surface area (Å²) in [4.78, 5) is 8.45. The van der Waals surface area contributed by atoms with E-state index in [4.69, 9.17) is 4.74 Å². The van der Waals surface area contributed by atoms with Crippen molar-refractivity contribution in [3.8, 4) is 11.6 Å². The largest absolute Gasteiger partial charge is 0.438 e. The molecule has 1 aromatic heterocycles. The number of nitrogens with one attached hydrogen (secondary N) is 1. The first-order valence-corrected chi connectivity index (χ1v) is 6.51. The van der Waals surface area contributed by atoms with Crippen molar-refractivity contribution in [3.63, 3.8) is 0 Å². The first-order valence-electron chi connectivity index (χ1n) is 6.51. The van der Waals surface area contributed by atoms with Gasteiger partial charge in [0.1, 0.15) is 17.9 Å². The highest BCUT2D eigenvalue weighted by Gasteiger charge is 2.09. The Labute approximate surface area is 113 Å². The lowest BCUT2D eigenvalue weighted by Gasteiger charge is -2.12. The summed E-state index contributed by atoms with van der Waals surface area (Å²) < 4.78 is 5.87. The summed E-state index contributed by atoms with van der Waals surface area (Å²) in [7, 11) is 0. The Balaban J connectivity index is 2.23. The molecule has 2 rings (SSSR count). The topological polar surface area (TPSA) is 47.0 Å². The number of para-hydroxylation sites is 1. The third kappa shape index (κ3) is 3.22. The van der Waals surface area contributed by atoms with Gasteiger partial charge in [0.25, 0.3) is 0 Å². The molecule has 0 unspecified atom stereocenters. The highest BCUT2D eigenvalue weighted by atomic mass is 16.5. The van der Waals surface area contributed by atoms with Crippen molar-refractivity contribution in [1.29, 1.82) is 0 Å². The van der Waals surface area contributed by atoms with E-state index < -0.39 is 0 Å². The minimum absolute atomic E-state index is 0.600. The van der Waals surface area contributed by atoms with E-state index in [1.54, 1.807) is 0 Å². The Kier molecular flexibility index (Phi) is 4.34. The zero-order valence-electron chi connectivity index (χ0n) is 11.6. The van der Waals surface area contributed by atoms with Crippen LogP contribution in [0.1, 0.15) is 24.5 Å². The van der Waals surface area contributed by atoms with E-state index in [1.165, 1.54) is 6.33 Å². The first-order chi connectivity index (χ1) is 9.22. The number of hydrogen-bond donors (Lipinski definition) is 1. The molecule has 1 N–H and O–H groups in total. The summed E-state index contributed by atoms with van der Waals surface area (Å²) >= 11 is 0. The first kappa shape index (κ1) is 13.3. The van der Waals surface area contributed by atoms with Gasteiger partial charge in [0.05, 0.1) is 5.56 Å². The van der Waals surface area contributed by atoms with Crippen LogP contribution in [-0.2, 0) is 0 Å². The van der Waals surface area contributed by atoms with Crippen LogP contribution in [0.3, 0.4) is 0 Å². The SMILES string of the molecule is CCCNc1ncnc(Oc2ccccc2C)c1C. The van der Waals surface area contributed by atoms with Crippen molar-refractivity contribution in [1.82, 2.24) is 9.97 Å². The van der Waals surface area contributed by atoms with Gasteiger partial charge in [-0.25, -0.2) is 9.97 Å². The molecule has 0 saturated heterocycles. The standard InChI is InChI=1S/C15H19N3O/c1-4-9-16-14-12(3)15(18-10-17-14)19-13-8-6-5-7-11(13)2/h5-8,10H,4,9H2,1-3H3,(H,16,17,18). The van der Waals surface area contributed by atoms with Gasteiger partial charge < -0.3 is 10.1 Å². The fourth-order valence-electron chi connectivity index (χ4n) is 1.73. The second-order valence-electron chi connectivity index (χ2n) is 4.45. The van der Waals surface area contributed by atoms with Crippen molar-refractivity contribution >= 4 is 5.82 Å². The Bertz CT molecular complexity index is 555. The number of aromatic nitrogens is 2. The average Bonchev–Trinajstić information content (AvgIpc) is 2.42. The maximum absolute atomic E-state index is 5.87. The van der Waals surface area contributed by atoms with Crippen LogP contribution in [-0.4, -0.2) is 16.5 Å².